The van der Waals surface area contributed by atoms with Gasteiger partial charge in [0.1, 0.15) is 17.7 Å². The molecule has 0 N–H and O–H groups in total. The third-order valence-corrected chi connectivity index (χ3v) is 3.34. The van der Waals surface area contributed by atoms with Gasteiger partial charge in [0.15, 0.2) is 0 Å². The second-order valence-electron chi connectivity index (χ2n) is 4.40. The molecule has 4 heteroatoms. The molecule has 1 aliphatic heterocycles. The minimum absolute atomic E-state index is 0.0141. The molecule has 18 heavy (non-hydrogen) atoms. The summed E-state index contributed by atoms with van der Waals surface area (Å²) in [5.41, 5.74) is 2.07. The van der Waals surface area contributed by atoms with Gasteiger partial charge in [-0.2, -0.15) is 0 Å². The molecule has 0 saturated carbocycles. The summed E-state index contributed by atoms with van der Waals surface area (Å²) in [6.45, 7) is 2.03. The lowest BCUT2D eigenvalue weighted by molar-refractivity contribution is 0.274. The van der Waals surface area contributed by atoms with Crippen LogP contribution in [0.4, 0.5) is 0 Å². The Balaban J connectivity index is 2.13. The molecule has 0 saturated heterocycles. The smallest absolute Gasteiger partial charge is 0.139 e. The summed E-state index contributed by atoms with van der Waals surface area (Å²) in [7, 11) is 1.98. The highest BCUT2D eigenvalue weighted by Gasteiger charge is 2.22. The number of aromatic nitrogens is 2. The number of halogens is 1. The highest BCUT2D eigenvalue weighted by molar-refractivity contribution is 6.30. The number of rotatable bonds is 1. The first kappa shape index (κ1) is 11.4. The zero-order valence-corrected chi connectivity index (χ0v) is 11.0. The molecular formula is C14H13ClN2O. The van der Waals surface area contributed by atoms with Crippen LogP contribution in [0.3, 0.4) is 0 Å². The Bertz CT molecular complexity index is 630. The molecule has 0 amide bonds. The second-order valence-corrected chi connectivity index (χ2v) is 4.84. The van der Waals surface area contributed by atoms with Gasteiger partial charge < -0.3 is 9.30 Å². The van der Waals surface area contributed by atoms with Crippen LogP contribution in [0, 0.1) is 0 Å². The van der Waals surface area contributed by atoms with E-state index in [9.17, 15) is 0 Å². The van der Waals surface area contributed by atoms with Crippen LogP contribution >= 0.6 is 11.6 Å². The molecule has 0 bridgehead atoms. The Morgan fingerprint density at radius 2 is 2.22 bits per heavy atom. The molecule has 0 fully saturated rings. The fraction of sp³-hybridized carbons (Fsp3) is 0.214. The summed E-state index contributed by atoms with van der Waals surface area (Å²) in [6, 6.07) is 5.65. The molecule has 92 valence electrons. The third-order valence-electron chi connectivity index (χ3n) is 3.10. The van der Waals surface area contributed by atoms with E-state index in [0.29, 0.717) is 5.02 Å². The zero-order valence-electron chi connectivity index (χ0n) is 10.2. The van der Waals surface area contributed by atoms with Crippen molar-refractivity contribution in [2.75, 3.05) is 0 Å². The summed E-state index contributed by atoms with van der Waals surface area (Å²) >= 11 is 6.01. The minimum atomic E-state index is -0.0141. The quantitative estimate of drug-likeness (QED) is 0.786. The van der Waals surface area contributed by atoms with Gasteiger partial charge >= 0.3 is 0 Å². The standard InChI is InChI=1S/C14H13ClN2O/c1-9-12(14-16-5-6-17(14)2)8-10-7-11(15)3-4-13(10)18-9/h3-9H,1-2H3. The molecule has 2 heterocycles. The molecule has 1 aromatic heterocycles. The first-order chi connectivity index (χ1) is 8.65. The summed E-state index contributed by atoms with van der Waals surface area (Å²) in [5, 5.41) is 0.711. The van der Waals surface area contributed by atoms with E-state index in [2.05, 4.69) is 11.1 Å². The highest BCUT2D eigenvalue weighted by atomic mass is 35.5. The summed E-state index contributed by atoms with van der Waals surface area (Å²) in [6.07, 6.45) is 5.80. The third kappa shape index (κ3) is 1.81. The van der Waals surface area contributed by atoms with Crippen LogP contribution in [0.25, 0.3) is 11.6 Å². The normalized spacial score (nSPS) is 17.9. The van der Waals surface area contributed by atoms with Gasteiger partial charge in [-0.3, -0.25) is 0 Å². The molecule has 1 unspecified atom stereocenters. The number of benzene rings is 1. The van der Waals surface area contributed by atoms with Crippen molar-refractivity contribution < 1.29 is 4.74 Å². The van der Waals surface area contributed by atoms with Gasteiger partial charge in [0.05, 0.1) is 0 Å². The van der Waals surface area contributed by atoms with Gasteiger partial charge in [0.2, 0.25) is 0 Å². The first-order valence-electron chi connectivity index (χ1n) is 5.80. The molecule has 1 atom stereocenters. The predicted molar refractivity (Wildman–Crippen MR) is 72.6 cm³/mol. The van der Waals surface area contributed by atoms with Crippen LogP contribution in [0.2, 0.25) is 5.02 Å². The Hall–Kier alpha value is -1.74. The average Bonchev–Trinajstić information content (AvgIpc) is 2.75. The van der Waals surface area contributed by atoms with E-state index >= 15 is 0 Å². The lowest BCUT2D eigenvalue weighted by atomic mass is 10.0. The zero-order chi connectivity index (χ0) is 12.7. The molecule has 1 aromatic carbocycles. The van der Waals surface area contributed by atoms with Gasteiger partial charge in [-0.25, -0.2) is 4.98 Å². The van der Waals surface area contributed by atoms with E-state index in [-0.39, 0.29) is 6.10 Å². The number of imidazole rings is 1. The van der Waals surface area contributed by atoms with Crippen LogP contribution in [0.15, 0.2) is 30.6 Å². The fourth-order valence-electron chi connectivity index (χ4n) is 2.17. The number of ether oxygens (including phenoxy) is 1. The van der Waals surface area contributed by atoms with Crippen molar-refractivity contribution in [1.29, 1.82) is 0 Å². The molecule has 3 rings (SSSR count). The molecule has 0 aliphatic carbocycles. The van der Waals surface area contributed by atoms with Crippen LogP contribution < -0.4 is 4.74 Å². The maximum absolute atomic E-state index is 6.01. The molecular weight excluding hydrogens is 248 g/mol. The monoisotopic (exact) mass is 260 g/mol. The Kier molecular flexibility index (Phi) is 2.63. The van der Waals surface area contributed by atoms with Crippen molar-refractivity contribution in [1.82, 2.24) is 9.55 Å². The van der Waals surface area contributed by atoms with Crippen molar-refractivity contribution in [3.05, 3.63) is 47.0 Å². The lowest BCUT2D eigenvalue weighted by Crippen LogP contribution is -2.19. The molecule has 1 aliphatic rings. The number of fused-ring (bicyclic) bond motifs is 1. The number of hydrogen-bond acceptors (Lipinski definition) is 2. The van der Waals surface area contributed by atoms with E-state index in [1.807, 2.05) is 42.9 Å². The van der Waals surface area contributed by atoms with E-state index < -0.39 is 0 Å². The number of nitrogens with zero attached hydrogens (tertiary/aromatic N) is 2. The molecule has 2 aromatic rings. The second kappa shape index (κ2) is 4.18. The summed E-state index contributed by atoms with van der Waals surface area (Å²) < 4.78 is 7.89. The van der Waals surface area contributed by atoms with Crippen molar-refractivity contribution in [3.8, 4) is 5.75 Å². The topological polar surface area (TPSA) is 27.1 Å². The van der Waals surface area contributed by atoms with Gasteiger partial charge in [0, 0.05) is 35.6 Å². The fourth-order valence-corrected chi connectivity index (χ4v) is 2.35. The van der Waals surface area contributed by atoms with Gasteiger partial charge in [-0.05, 0) is 31.2 Å². The van der Waals surface area contributed by atoms with Crippen molar-refractivity contribution in [2.24, 2.45) is 7.05 Å². The van der Waals surface area contributed by atoms with Crippen LogP contribution in [-0.4, -0.2) is 15.7 Å². The van der Waals surface area contributed by atoms with Gasteiger partial charge in [0.25, 0.3) is 0 Å². The number of hydrogen-bond donors (Lipinski definition) is 0. The average molecular weight is 261 g/mol. The Labute approximate surface area is 111 Å². The van der Waals surface area contributed by atoms with E-state index in [0.717, 1.165) is 22.7 Å². The van der Waals surface area contributed by atoms with Crippen LogP contribution in [0.5, 0.6) is 5.75 Å². The molecule has 3 nitrogen and oxygen atoms in total. The predicted octanol–water partition coefficient (Wildman–Crippen LogP) is 3.40. The first-order valence-corrected chi connectivity index (χ1v) is 6.18. The largest absolute Gasteiger partial charge is 0.485 e. The highest BCUT2D eigenvalue weighted by Crippen LogP contribution is 2.34. The minimum Gasteiger partial charge on any atom is -0.485 e. The van der Waals surface area contributed by atoms with Gasteiger partial charge in [-0.1, -0.05) is 11.6 Å². The van der Waals surface area contributed by atoms with Crippen molar-refractivity contribution >= 4 is 23.3 Å². The van der Waals surface area contributed by atoms with Crippen LogP contribution in [-0.2, 0) is 7.05 Å². The number of aryl methyl sites for hydroxylation is 1. The maximum atomic E-state index is 6.01. The lowest BCUT2D eigenvalue weighted by Gasteiger charge is -2.24. The Morgan fingerprint density at radius 3 is 2.94 bits per heavy atom. The van der Waals surface area contributed by atoms with Crippen molar-refractivity contribution in [2.45, 2.75) is 13.0 Å². The maximum Gasteiger partial charge on any atom is 0.139 e. The van der Waals surface area contributed by atoms with Gasteiger partial charge in [-0.15, -0.1) is 0 Å². The molecule has 0 spiro atoms. The summed E-state index contributed by atoms with van der Waals surface area (Å²) in [5.74, 6) is 1.79. The van der Waals surface area contributed by atoms with Crippen molar-refractivity contribution in [3.63, 3.8) is 0 Å². The van der Waals surface area contributed by atoms with E-state index in [1.165, 1.54) is 0 Å². The van der Waals surface area contributed by atoms with E-state index in [1.54, 1.807) is 6.20 Å². The Morgan fingerprint density at radius 1 is 1.39 bits per heavy atom. The van der Waals surface area contributed by atoms with E-state index in [4.69, 9.17) is 16.3 Å². The van der Waals surface area contributed by atoms with Crippen LogP contribution in [0.1, 0.15) is 18.3 Å². The summed E-state index contributed by atoms with van der Waals surface area (Å²) in [4.78, 5) is 4.37. The SMILES string of the molecule is CC1Oc2ccc(Cl)cc2C=C1c1nccn1C. The molecule has 0 radical (unpaired) electrons.